The molecule has 0 bridgehead atoms. The lowest BCUT2D eigenvalue weighted by molar-refractivity contribution is 0.354. The molecule has 1 saturated heterocycles. The van der Waals surface area contributed by atoms with E-state index in [2.05, 4.69) is 31.1 Å². The molecule has 3 nitrogen and oxygen atoms in total. The molecule has 1 aliphatic heterocycles. The first-order valence-corrected chi connectivity index (χ1v) is 11.7. The van der Waals surface area contributed by atoms with Crippen LogP contribution in [0.1, 0.15) is 17.5 Å². The monoisotopic (exact) mass is 308 g/mol. The van der Waals surface area contributed by atoms with E-state index in [4.69, 9.17) is 4.18 Å². The summed E-state index contributed by atoms with van der Waals surface area (Å²) in [5.74, 6) is 3.19. The average Bonchev–Trinajstić information content (AvgIpc) is 2.67. The zero-order valence-electron chi connectivity index (χ0n) is 12.1. The summed E-state index contributed by atoms with van der Waals surface area (Å²) < 4.78 is 28.0. The molecule has 0 N–H and O–H groups in total. The van der Waals surface area contributed by atoms with Gasteiger partial charge in [0, 0.05) is 5.56 Å². The largest absolute Gasteiger partial charge is 0.270 e. The molecular weight excluding hydrogens is 288 g/mol. The second-order valence-electron chi connectivity index (χ2n) is 6.13. The smallest absolute Gasteiger partial charge is 0.270 e. The Hall–Kier alpha value is -1.09. The van der Waals surface area contributed by atoms with E-state index in [1.54, 1.807) is 0 Å². The highest BCUT2D eigenvalue weighted by atomic mass is 32.2. The second kappa shape index (κ2) is 5.72. The van der Waals surface area contributed by atoms with E-state index < -0.39 is 23.4 Å². The van der Waals surface area contributed by atoms with Crippen LogP contribution in [0, 0.1) is 11.5 Å². The minimum absolute atomic E-state index is 0.312. The summed E-state index contributed by atoms with van der Waals surface area (Å²) in [6.07, 6.45) is 1.10. The van der Waals surface area contributed by atoms with Gasteiger partial charge in [-0.05, 0) is 30.5 Å². The van der Waals surface area contributed by atoms with Crippen molar-refractivity contribution in [3.63, 3.8) is 0 Å². The van der Waals surface area contributed by atoms with Crippen LogP contribution >= 0.6 is 0 Å². The topological polar surface area (TPSA) is 43.4 Å². The quantitative estimate of drug-likeness (QED) is 0.479. The van der Waals surface area contributed by atoms with Crippen molar-refractivity contribution in [2.24, 2.45) is 0 Å². The fourth-order valence-corrected chi connectivity index (χ4v) is 3.81. The van der Waals surface area contributed by atoms with E-state index >= 15 is 0 Å². The van der Waals surface area contributed by atoms with Gasteiger partial charge in [0.25, 0.3) is 10.1 Å². The molecule has 20 heavy (non-hydrogen) atoms. The van der Waals surface area contributed by atoms with Crippen LogP contribution in [0.2, 0.25) is 19.6 Å². The average molecular weight is 308 g/mol. The molecule has 0 aromatic heterocycles. The molecule has 2 rings (SSSR count). The first-order chi connectivity index (χ1) is 9.26. The van der Waals surface area contributed by atoms with Crippen LogP contribution in [0.15, 0.2) is 24.3 Å². The van der Waals surface area contributed by atoms with Gasteiger partial charge in [0.2, 0.25) is 0 Å². The third-order valence-corrected chi connectivity index (χ3v) is 5.68. The van der Waals surface area contributed by atoms with Gasteiger partial charge in [-0.1, -0.05) is 37.7 Å². The first kappa shape index (κ1) is 15.3. The number of benzene rings is 1. The lowest BCUT2D eigenvalue weighted by Gasteiger charge is -2.07. The molecule has 1 atom stereocenters. The maximum Gasteiger partial charge on any atom is 0.270 e. The van der Waals surface area contributed by atoms with E-state index in [9.17, 15) is 8.42 Å². The molecule has 1 unspecified atom stereocenters. The molecule has 0 amide bonds. The van der Waals surface area contributed by atoms with Crippen LogP contribution in [-0.2, 0) is 20.7 Å². The van der Waals surface area contributed by atoms with Gasteiger partial charge in [0.15, 0.2) is 0 Å². The predicted octanol–water partition coefficient (Wildman–Crippen LogP) is 2.58. The Balaban J connectivity index is 2.07. The standard InChI is InChI=1S/C15H20O3SSi/c1-20(2,3)11-9-13-4-6-14(7-5-13)12-15-8-10-18-19(15,16)17/h4-7,15H,8,10,12H2,1-3H3. The summed E-state index contributed by atoms with van der Waals surface area (Å²) in [7, 11) is -4.71. The highest BCUT2D eigenvalue weighted by Gasteiger charge is 2.32. The van der Waals surface area contributed by atoms with E-state index in [-0.39, 0.29) is 0 Å². The fourth-order valence-electron chi connectivity index (χ4n) is 1.99. The molecule has 0 aliphatic carbocycles. The zero-order valence-corrected chi connectivity index (χ0v) is 14.0. The molecule has 0 spiro atoms. The molecule has 1 aromatic carbocycles. The van der Waals surface area contributed by atoms with Gasteiger partial charge >= 0.3 is 0 Å². The van der Waals surface area contributed by atoms with Gasteiger partial charge in [-0.15, -0.1) is 5.54 Å². The summed E-state index contributed by atoms with van der Waals surface area (Å²) in [6, 6.07) is 7.85. The Morgan fingerprint density at radius 3 is 2.40 bits per heavy atom. The molecule has 1 heterocycles. The zero-order chi connectivity index (χ0) is 14.8. The van der Waals surface area contributed by atoms with Crippen molar-refractivity contribution in [2.45, 2.75) is 37.7 Å². The minimum atomic E-state index is -3.35. The molecule has 1 fully saturated rings. The van der Waals surface area contributed by atoms with Crippen LogP contribution in [0.4, 0.5) is 0 Å². The van der Waals surface area contributed by atoms with Gasteiger partial charge in [0.1, 0.15) is 8.07 Å². The van der Waals surface area contributed by atoms with Crippen molar-refractivity contribution >= 4 is 18.2 Å². The molecule has 0 saturated carbocycles. The van der Waals surface area contributed by atoms with Crippen molar-refractivity contribution in [3.05, 3.63) is 35.4 Å². The third-order valence-electron chi connectivity index (χ3n) is 3.09. The van der Waals surface area contributed by atoms with Crippen LogP contribution in [-0.4, -0.2) is 28.3 Å². The Labute approximate surface area is 122 Å². The van der Waals surface area contributed by atoms with Gasteiger partial charge in [-0.2, -0.15) is 8.42 Å². The van der Waals surface area contributed by atoms with Crippen molar-refractivity contribution in [3.8, 4) is 11.5 Å². The molecule has 5 heteroatoms. The summed E-state index contributed by atoms with van der Waals surface area (Å²) in [5.41, 5.74) is 5.32. The van der Waals surface area contributed by atoms with Gasteiger partial charge in [-0.25, -0.2) is 0 Å². The second-order valence-corrected chi connectivity index (χ2v) is 12.8. The number of hydrogen-bond donors (Lipinski definition) is 0. The SMILES string of the molecule is C[Si](C)(C)C#Cc1ccc(CC2CCOS2(=O)=O)cc1. The Bertz CT molecular complexity index is 630. The van der Waals surface area contributed by atoms with Crippen molar-refractivity contribution in [1.82, 2.24) is 0 Å². The van der Waals surface area contributed by atoms with E-state index in [0.717, 1.165) is 11.1 Å². The van der Waals surface area contributed by atoms with E-state index in [1.165, 1.54) is 0 Å². The maximum atomic E-state index is 11.6. The van der Waals surface area contributed by atoms with Crippen LogP contribution in [0.5, 0.6) is 0 Å². The molecular formula is C15H20O3SSi. The fraction of sp³-hybridized carbons (Fsp3) is 0.467. The summed E-state index contributed by atoms with van der Waals surface area (Å²) in [5, 5.41) is -0.401. The highest BCUT2D eigenvalue weighted by Crippen LogP contribution is 2.21. The van der Waals surface area contributed by atoms with Crippen LogP contribution < -0.4 is 0 Å². The predicted molar refractivity (Wildman–Crippen MR) is 83.6 cm³/mol. The maximum absolute atomic E-state index is 11.6. The van der Waals surface area contributed by atoms with Gasteiger partial charge in [-0.3, -0.25) is 4.18 Å². The van der Waals surface area contributed by atoms with Crippen molar-refractivity contribution in [1.29, 1.82) is 0 Å². The van der Waals surface area contributed by atoms with E-state index in [0.29, 0.717) is 19.4 Å². The van der Waals surface area contributed by atoms with Crippen molar-refractivity contribution in [2.75, 3.05) is 6.61 Å². The van der Waals surface area contributed by atoms with Gasteiger partial charge < -0.3 is 0 Å². The highest BCUT2D eigenvalue weighted by molar-refractivity contribution is 7.87. The number of rotatable bonds is 2. The van der Waals surface area contributed by atoms with Gasteiger partial charge in [0.05, 0.1) is 11.9 Å². The molecule has 108 valence electrons. The minimum Gasteiger partial charge on any atom is -0.270 e. The lowest BCUT2D eigenvalue weighted by atomic mass is 10.1. The molecule has 0 radical (unpaired) electrons. The first-order valence-electron chi connectivity index (χ1n) is 6.77. The molecule has 1 aromatic rings. The Morgan fingerprint density at radius 2 is 1.90 bits per heavy atom. The van der Waals surface area contributed by atoms with Crippen molar-refractivity contribution < 1.29 is 12.6 Å². The van der Waals surface area contributed by atoms with E-state index in [1.807, 2.05) is 24.3 Å². The Kier molecular flexibility index (Phi) is 4.38. The van der Waals surface area contributed by atoms with Crippen LogP contribution in [0.3, 0.4) is 0 Å². The lowest BCUT2D eigenvalue weighted by Crippen LogP contribution is -2.17. The normalized spacial score (nSPS) is 21.2. The summed E-state index contributed by atoms with van der Waals surface area (Å²) >= 11 is 0. The number of hydrogen-bond acceptors (Lipinski definition) is 3. The Morgan fingerprint density at radius 1 is 1.25 bits per heavy atom. The molecule has 1 aliphatic rings. The summed E-state index contributed by atoms with van der Waals surface area (Å²) in [6.45, 7) is 6.94. The summed E-state index contributed by atoms with van der Waals surface area (Å²) in [4.78, 5) is 0. The van der Waals surface area contributed by atoms with Crippen LogP contribution in [0.25, 0.3) is 0 Å². The third kappa shape index (κ3) is 4.20.